The summed E-state index contributed by atoms with van der Waals surface area (Å²) >= 11 is 0. The van der Waals surface area contributed by atoms with E-state index in [0.29, 0.717) is 6.61 Å². The van der Waals surface area contributed by atoms with Gasteiger partial charge in [-0.1, -0.05) is 18.2 Å². The summed E-state index contributed by atoms with van der Waals surface area (Å²) in [5.74, 6) is -0.0557. The van der Waals surface area contributed by atoms with E-state index in [2.05, 4.69) is 0 Å². The first-order valence-electron chi connectivity index (χ1n) is 5.89. The molecule has 2 aliphatic rings. The third-order valence-electron chi connectivity index (χ3n) is 3.90. The Morgan fingerprint density at radius 1 is 1.47 bits per heavy atom. The normalized spacial score (nSPS) is 21.5. The van der Waals surface area contributed by atoms with Gasteiger partial charge in [0.1, 0.15) is 11.8 Å². The lowest BCUT2D eigenvalue weighted by molar-refractivity contribution is -0.139. The van der Waals surface area contributed by atoms with E-state index in [9.17, 15) is 4.79 Å². The Balaban J connectivity index is 2.05. The molecule has 0 radical (unpaired) electrons. The van der Waals surface area contributed by atoms with Gasteiger partial charge in [0, 0.05) is 17.4 Å². The number of carboxylic acids is 1. The van der Waals surface area contributed by atoms with Crippen molar-refractivity contribution in [3.63, 3.8) is 0 Å². The molecule has 1 aliphatic heterocycles. The zero-order valence-corrected chi connectivity index (χ0v) is 9.48. The van der Waals surface area contributed by atoms with E-state index < -0.39 is 17.4 Å². The lowest BCUT2D eigenvalue weighted by Crippen LogP contribution is -2.42. The fraction of sp³-hybridized carbons (Fsp3) is 0.462. The van der Waals surface area contributed by atoms with Gasteiger partial charge in [-0.3, -0.25) is 4.79 Å². The first-order chi connectivity index (χ1) is 8.15. The molecule has 0 bridgehead atoms. The van der Waals surface area contributed by atoms with Gasteiger partial charge in [0.15, 0.2) is 0 Å². The maximum absolute atomic E-state index is 11.1. The van der Waals surface area contributed by atoms with Crippen LogP contribution in [0.3, 0.4) is 0 Å². The Bertz CT molecular complexity index is 480. The van der Waals surface area contributed by atoms with Gasteiger partial charge in [-0.15, -0.1) is 0 Å². The van der Waals surface area contributed by atoms with Crippen molar-refractivity contribution in [2.45, 2.75) is 30.7 Å². The highest BCUT2D eigenvalue weighted by atomic mass is 16.5. The summed E-state index contributed by atoms with van der Waals surface area (Å²) < 4.78 is 5.64. The SMILES string of the molecule is NC(C(=O)O)C1(c2cccc3c2OCC3)CC1. The molecule has 0 saturated heterocycles. The minimum absolute atomic E-state index is 0.401. The summed E-state index contributed by atoms with van der Waals surface area (Å²) in [4.78, 5) is 11.1. The second kappa shape index (κ2) is 3.47. The minimum atomic E-state index is -0.932. The highest BCUT2D eigenvalue weighted by molar-refractivity contribution is 5.77. The van der Waals surface area contributed by atoms with Crippen LogP contribution in [0.4, 0.5) is 0 Å². The zero-order valence-electron chi connectivity index (χ0n) is 9.48. The lowest BCUT2D eigenvalue weighted by Gasteiger charge is -2.22. The second-order valence-corrected chi connectivity index (χ2v) is 4.86. The van der Waals surface area contributed by atoms with Crippen LogP contribution in [-0.2, 0) is 16.6 Å². The van der Waals surface area contributed by atoms with Gasteiger partial charge in [0.2, 0.25) is 0 Å². The van der Waals surface area contributed by atoms with Crippen LogP contribution in [-0.4, -0.2) is 23.7 Å². The summed E-state index contributed by atoms with van der Waals surface area (Å²) in [7, 11) is 0. The van der Waals surface area contributed by atoms with Crippen LogP contribution in [0.2, 0.25) is 0 Å². The topological polar surface area (TPSA) is 72.6 Å². The Morgan fingerprint density at radius 2 is 2.24 bits per heavy atom. The van der Waals surface area contributed by atoms with Gasteiger partial charge in [0.05, 0.1) is 6.61 Å². The maximum atomic E-state index is 11.1. The second-order valence-electron chi connectivity index (χ2n) is 4.86. The number of para-hydroxylation sites is 1. The first-order valence-corrected chi connectivity index (χ1v) is 5.89. The molecule has 1 fully saturated rings. The number of carbonyl (C=O) groups is 1. The van der Waals surface area contributed by atoms with Crippen molar-refractivity contribution in [3.8, 4) is 5.75 Å². The fourth-order valence-corrected chi connectivity index (χ4v) is 2.73. The van der Waals surface area contributed by atoms with Gasteiger partial charge in [-0.05, 0) is 18.4 Å². The van der Waals surface area contributed by atoms with E-state index in [4.69, 9.17) is 15.6 Å². The molecule has 4 heteroatoms. The molecule has 1 unspecified atom stereocenters. The van der Waals surface area contributed by atoms with Crippen molar-refractivity contribution in [1.82, 2.24) is 0 Å². The number of hydrogen-bond acceptors (Lipinski definition) is 3. The lowest BCUT2D eigenvalue weighted by atomic mass is 9.86. The van der Waals surface area contributed by atoms with Crippen LogP contribution < -0.4 is 10.5 Å². The summed E-state index contributed by atoms with van der Waals surface area (Å²) in [5.41, 5.74) is 7.59. The van der Waals surface area contributed by atoms with Gasteiger partial charge in [-0.25, -0.2) is 0 Å². The molecule has 1 aromatic carbocycles. The van der Waals surface area contributed by atoms with Crippen molar-refractivity contribution in [1.29, 1.82) is 0 Å². The number of benzene rings is 1. The van der Waals surface area contributed by atoms with Crippen LogP contribution >= 0.6 is 0 Å². The number of aliphatic carboxylic acids is 1. The molecule has 90 valence electrons. The number of hydrogen-bond donors (Lipinski definition) is 2. The van der Waals surface area contributed by atoms with Gasteiger partial charge in [-0.2, -0.15) is 0 Å². The van der Waals surface area contributed by atoms with Gasteiger partial charge >= 0.3 is 5.97 Å². The fourth-order valence-electron chi connectivity index (χ4n) is 2.73. The quantitative estimate of drug-likeness (QED) is 0.819. The molecule has 17 heavy (non-hydrogen) atoms. The largest absolute Gasteiger partial charge is 0.493 e. The highest BCUT2D eigenvalue weighted by Gasteiger charge is 2.54. The Hall–Kier alpha value is -1.55. The van der Waals surface area contributed by atoms with Crippen molar-refractivity contribution >= 4 is 5.97 Å². The monoisotopic (exact) mass is 233 g/mol. The van der Waals surface area contributed by atoms with Crippen molar-refractivity contribution in [3.05, 3.63) is 29.3 Å². The standard InChI is InChI=1S/C13H15NO3/c14-11(12(15)16)13(5-6-13)9-3-1-2-8-4-7-17-10(8)9/h1-3,11H,4-7,14H2,(H,15,16). The van der Waals surface area contributed by atoms with Crippen molar-refractivity contribution < 1.29 is 14.6 Å². The Morgan fingerprint density at radius 3 is 2.88 bits per heavy atom. The highest BCUT2D eigenvalue weighted by Crippen LogP contribution is 2.54. The van der Waals surface area contributed by atoms with Crippen LogP contribution in [0.5, 0.6) is 5.75 Å². The summed E-state index contributed by atoms with van der Waals surface area (Å²) in [6.07, 6.45) is 2.57. The number of rotatable bonds is 3. The molecule has 1 saturated carbocycles. The van der Waals surface area contributed by atoms with Gasteiger partial charge < -0.3 is 15.6 Å². The van der Waals surface area contributed by atoms with E-state index in [0.717, 1.165) is 30.6 Å². The molecule has 4 nitrogen and oxygen atoms in total. The molecular weight excluding hydrogens is 218 g/mol. The molecule has 0 aromatic heterocycles. The predicted molar refractivity (Wildman–Crippen MR) is 62.2 cm³/mol. The molecule has 1 heterocycles. The van der Waals surface area contributed by atoms with E-state index in [1.54, 1.807) is 0 Å². The van der Waals surface area contributed by atoms with E-state index in [1.165, 1.54) is 5.56 Å². The third kappa shape index (κ3) is 1.44. The maximum Gasteiger partial charge on any atom is 0.321 e. The molecule has 1 aromatic rings. The molecule has 3 N–H and O–H groups in total. The van der Waals surface area contributed by atoms with Crippen LogP contribution in [0, 0.1) is 0 Å². The number of ether oxygens (including phenoxy) is 1. The molecule has 0 amide bonds. The van der Waals surface area contributed by atoms with E-state index >= 15 is 0 Å². The van der Waals surface area contributed by atoms with Crippen LogP contribution in [0.25, 0.3) is 0 Å². The molecular formula is C13H15NO3. The molecule has 0 spiro atoms. The summed E-state index contributed by atoms with van der Waals surface area (Å²) in [5, 5.41) is 9.10. The van der Waals surface area contributed by atoms with E-state index in [-0.39, 0.29) is 0 Å². The van der Waals surface area contributed by atoms with E-state index in [1.807, 2.05) is 18.2 Å². The average Bonchev–Trinajstić information content (AvgIpc) is 2.98. The van der Waals surface area contributed by atoms with Crippen LogP contribution in [0.1, 0.15) is 24.0 Å². The molecule has 1 atom stereocenters. The molecule has 3 rings (SSSR count). The number of nitrogens with two attached hydrogens (primary N) is 1. The molecule has 1 aliphatic carbocycles. The van der Waals surface area contributed by atoms with Crippen LogP contribution in [0.15, 0.2) is 18.2 Å². The van der Waals surface area contributed by atoms with Gasteiger partial charge in [0.25, 0.3) is 0 Å². The summed E-state index contributed by atoms with van der Waals surface area (Å²) in [6, 6.07) is 5.13. The predicted octanol–water partition coefficient (Wildman–Crippen LogP) is 1.06. The zero-order chi connectivity index (χ0) is 12.0. The smallest absolute Gasteiger partial charge is 0.321 e. The Labute approximate surface area is 99.4 Å². The average molecular weight is 233 g/mol. The van der Waals surface area contributed by atoms with Crippen molar-refractivity contribution in [2.75, 3.05) is 6.61 Å². The summed E-state index contributed by atoms with van der Waals surface area (Å²) in [6.45, 7) is 0.685. The first kappa shape index (κ1) is 10.6. The number of carboxylic acid groups (broad SMARTS) is 1. The Kier molecular flexibility index (Phi) is 2.16. The van der Waals surface area contributed by atoms with Crippen molar-refractivity contribution in [2.24, 2.45) is 5.73 Å². The third-order valence-corrected chi connectivity index (χ3v) is 3.90. The minimum Gasteiger partial charge on any atom is -0.493 e. The number of fused-ring (bicyclic) bond motifs is 1.